The van der Waals surface area contributed by atoms with E-state index in [1.165, 1.54) is 0 Å². The van der Waals surface area contributed by atoms with Gasteiger partial charge in [0.05, 0.1) is 34.1 Å². The Morgan fingerprint density at radius 3 is 2.38 bits per heavy atom. The third-order valence-corrected chi connectivity index (χ3v) is 7.09. The molecular weight excluding hydrogens is 511 g/mol. The van der Waals surface area contributed by atoms with Crippen LogP contribution >= 0.6 is 23.2 Å². The van der Waals surface area contributed by atoms with Crippen LogP contribution in [0.25, 0.3) is 0 Å². The van der Waals surface area contributed by atoms with E-state index in [4.69, 9.17) is 27.6 Å². The number of furan rings is 1. The van der Waals surface area contributed by atoms with Crippen molar-refractivity contribution in [1.29, 1.82) is 0 Å². The molecule has 0 saturated carbocycles. The van der Waals surface area contributed by atoms with Gasteiger partial charge in [-0.25, -0.2) is 4.79 Å². The van der Waals surface area contributed by atoms with Gasteiger partial charge in [0.15, 0.2) is 0 Å². The first-order valence-corrected chi connectivity index (χ1v) is 13.4. The number of halogens is 2. The topological polar surface area (TPSA) is 77.8 Å². The summed E-state index contributed by atoms with van der Waals surface area (Å²) in [4.78, 5) is 30.5. The normalized spacial score (nSPS) is 13.3. The molecule has 2 N–H and O–H groups in total. The van der Waals surface area contributed by atoms with Gasteiger partial charge in [0.2, 0.25) is 0 Å². The minimum atomic E-state index is -0.444. The SMILES string of the molecule is CCCCN(Cc1ccco1)c1ccc(NC(=O)Nc2ccc(Cl)c(Cl)c2)cc1C(=O)N1CCCCC1. The molecule has 0 spiro atoms. The summed E-state index contributed by atoms with van der Waals surface area (Å²) in [7, 11) is 0. The van der Waals surface area contributed by atoms with Gasteiger partial charge in [0, 0.05) is 31.0 Å². The molecule has 1 saturated heterocycles. The number of nitrogens with one attached hydrogen (secondary N) is 2. The van der Waals surface area contributed by atoms with E-state index >= 15 is 0 Å². The first kappa shape index (κ1) is 26.9. The third-order valence-electron chi connectivity index (χ3n) is 6.35. The van der Waals surface area contributed by atoms with Gasteiger partial charge in [-0.1, -0.05) is 36.5 Å². The van der Waals surface area contributed by atoms with Gasteiger partial charge in [0.25, 0.3) is 5.91 Å². The van der Waals surface area contributed by atoms with E-state index in [9.17, 15) is 9.59 Å². The van der Waals surface area contributed by atoms with Crippen LogP contribution in [0.2, 0.25) is 10.0 Å². The summed E-state index contributed by atoms with van der Waals surface area (Å²) < 4.78 is 5.61. The number of benzene rings is 2. The van der Waals surface area contributed by atoms with Gasteiger partial charge in [-0.2, -0.15) is 0 Å². The standard InChI is InChI=1S/C28H32Cl2N4O3/c1-2-3-13-34(19-22-8-7-16-37-22)26-12-10-20(17-23(26)27(35)33-14-5-4-6-15-33)31-28(36)32-21-9-11-24(29)25(30)18-21/h7-12,16-18H,2-6,13-15,19H2,1H3,(H2,31,32,36). The van der Waals surface area contributed by atoms with Gasteiger partial charge < -0.3 is 24.9 Å². The summed E-state index contributed by atoms with van der Waals surface area (Å²) in [6, 6.07) is 13.7. The Balaban J connectivity index is 1.61. The van der Waals surface area contributed by atoms with Crippen molar-refractivity contribution in [3.05, 3.63) is 76.2 Å². The Kier molecular flexibility index (Phi) is 9.36. The molecule has 0 radical (unpaired) electrons. The molecule has 2 aromatic carbocycles. The molecule has 1 aliphatic heterocycles. The molecule has 4 rings (SSSR count). The van der Waals surface area contributed by atoms with E-state index in [1.54, 1.807) is 30.5 Å². The van der Waals surface area contributed by atoms with Crippen molar-refractivity contribution in [3.8, 4) is 0 Å². The van der Waals surface area contributed by atoms with Crippen LogP contribution in [0.5, 0.6) is 0 Å². The monoisotopic (exact) mass is 542 g/mol. The van der Waals surface area contributed by atoms with Crippen LogP contribution < -0.4 is 15.5 Å². The number of likely N-dealkylation sites (tertiary alicyclic amines) is 1. The van der Waals surface area contributed by atoms with Crippen molar-refractivity contribution in [2.75, 3.05) is 35.2 Å². The summed E-state index contributed by atoms with van der Waals surface area (Å²) in [6.45, 7) is 4.95. The lowest BCUT2D eigenvalue weighted by Gasteiger charge is -2.31. The lowest BCUT2D eigenvalue weighted by Crippen LogP contribution is -2.37. The quantitative estimate of drug-likeness (QED) is 0.290. The summed E-state index contributed by atoms with van der Waals surface area (Å²) in [5, 5.41) is 6.36. The average Bonchev–Trinajstić information content (AvgIpc) is 3.42. The molecular formula is C28H32Cl2N4O3. The Hall–Kier alpha value is -3.16. The Bertz CT molecular complexity index is 1210. The maximum absolute atomic E-state index is 13.7. The van der Waals surface area contributed by atoms with Crippen molar-refractivity contribution < 1.29 is 14.0 Å². The molecule has 1 fully saturated rings. The third kappa shape index (κ3) is 7.21. The summed E-state index contributed by atoms with van der Waals surface area (Å²) in [5.74, 6) is 0.805. The number of carbonyl (C=O) groups excluding carboxylic acids is 2. The number of hydrogen-bond acceptors (Lipinski definition) is 4. The molecule has 37 heavy (non-hydrogen) atoms. The number of anilines is 3. The van der Waals surface area contributed by atoms with Gasteiger partial charge in [-0.15, -0.1) is 0 Å². The largest absolute Gasteiger partial charge is 0.467 e. The molecule has 1 aliphatic rings. The summed E-state index contributed by atoms with van der Waals surface area (Å²) in [5.41, 5.74) is 2.43. The highest BCUT2D eigenvalue weighted by Gasteiger charge is 2.24. The highest BCUT2D eigenvalue weighted by atomic mass is 35.5. The van der Waals surface area contributed by atoms with Gasteiger partial charge >= 0.3 is 6.03 Å². The second kappa shape index (κ2) is 12.9. The Morgan fingerprint density at radius 2 is 1.70 bits per heavy atom. The van der Waals surface area contributed by atoms with E-state index in [-0.39, 0.29) is 5.91 Å². The molecule has 0 bridgehead atoms. The number of rotatable bonds is 9. The minimum Gasteiger partial charge on any atom is -0.467 e. The molecule has 196 valence electrons. The van der Waals surface area contributed by atoms with Crippen molar-refractivity contribution in [2.24, 2.45) is 0 Å². The average molecular weight is 543 g/mol. The Labute approximate surface area is 227 Å². The van der Waals surface area contributed by atoms with Crippen LogP contribution in [-0.4, -0.2) is 36.5 Å². The molecule has 0 atom stereocenters. The summed E-state index contributed by atoms with van der Waals surface area (Å²) in [6.07, 6.45) is 6.79. The van der Waals surface area contributed by atoms with Crippen molar-refractivity contribution >= 4 is 52.2 Å². The molecule has 3 amide bonds. The van der Waals surface area contributed by atoms with E-state index in [0.29, 0.717) is 33.5 Å². The predicted octanol–water partition coefficient (Wildman–Crippen LogP) is 7.66. The van der Waals surface area contributed by atoms with Crippen LogP contribution in [0.15, 0.2) is 59.2 Å². The number of hydrogen-bond donors (Lipinski definition) is 2. The minimum absolute atomic E-state index is 0.0239. The lowest BCUT2D eigenvalue weighted by molar-refractivity contribution is 0.0725. The molecule has 0 aliphatic carbocycles. The van der Waals surface area contributed by atoms with Crippen LogP contribution in [0.3, 0.4) is 0 Å². The van der Waals surface area contributed by atoms with Crippen molar-refractivity contribution in [2.45, 2.75) is 45.6 Å². The van der Waals surface area contributed by atoms with Crippen LogP contribution in [-0.2, 0) is 6.54 Å². The van der Waals surface area contributed by atoms with E-state index in [1.807, 2.05) is 29.2 Å². The second-order valence-corrected chi connectivity index (χ2v) is 9.96. The van der Waals surface area contributed by atoms with E-state index in [0.717, 1.165) is 63.2 Å². The number of nitrogens with zero attached hydrogens (tertiary/aromatic N) is 2. The van der Waals surface area contributed by atoms with Crippen LogP contribution in [0.4, 0.5) is 21.9 Å². The van der Waals surface area contributed by atoms with E-state index in [2.05, 4.69) is 22.5 Å². The highest BCUT2D eigenvalue weighted by molar-refractivity contribution is 6.42. The molecule has 9 heteroatoms. The van der Waals surface area contributed by atoms with Crippen LogP contribution in [0.1, 0.15) is 55.1 Å². The lowest BCUT2D eigenvalue weighted by atomic mass is 10.1. The fourth-order valence-corrected chi connectivity index (χ4v) is 4.72. The van der Waals surface area contributed by atoms with Gasteiger partial charge in [-0.3, -0.25) is 4.79 Å². The zero-order chi connectivity index (χ0) is 26.2. The molecule has 0 unspecified atom stereocenters. The Morgan fingerprint density at radius 1 is 0.973 bits per heavy atom. The number of carbonyl (C=O) groups is 2. The number of piperidine rings is 1. The fourth-order valence-electron chi connectivity index (χ4n) is 4.42. The summed E-state index contributed by atoms with van der Waals surface area (Å²) >= 11 is 12.0. The smallest absolute Gasteiger partial charge is 0.323 e. The first-order chi connectivity index (χ1) is 17.9. The number of amides is 3. The first-order valence-electron chi connectivity index (χ1n) is 12.7. The zero-order valence-electron chi connectivity index (χ0n) is 20.9. The molecule has 2 heterocycles. The van der Waals surface area contributed by atoms with Crippen molar-refractivity contribution in [1.82, 2.24) is 4.90 Å². The fraction of sp³-hybridized carbons (Fsp3) is 0.357. The predicted molar refractivity (Wildman–Crippen MR) is 150 cm³/mol. The van der Waals surface area contributed by atoms with Crippen molar-refractivity contribution in [3.63, 3.8) is 0 Å². The molecule has 3 aromatic rings. The molecule has 1 aromatic heterocycles. The second-order valence-electron chi connectivity index (χ2n) is 9.15. The van der Waals surface area contributed by atoms with E-state index < -0.39 is 6.03 Å². The highest BCUT2D eigenvalue weighted by Crippen LogP contribution is 2.30. The maximum Gasteiger partial charge on any atom is 0.323 e. The maximum atomic E-state index is 13.7. The van der Waals surface area contributed by atoms with Crippen LogP contribution in [0, 0.1) is 0 Å². The number of unbranched alkanes of at least 4 members (excludes halogenated alkanes) is 1. The zero-order valence-corrected chi connectivity index (χ0v) is 22.4. The van der Waals surface area contributed by atoms with Gasteiger partial charge in [0.1, 0.15) is 5.76 Å². The number of urea groups is 1. The molecule has 7 nitrogen and oxygen atoms in total. The van der Waals surface area contributed by atoms with Gasteiger partial charge in [-0.05, 0) is 74.2 Å².